The van der Waals surface area contributed by atoms with Crippen molar-refractivity contribution in [2.75, 3.05) is 24.2 Å². The van der Waals surface area contributed by atoms with Gasteiger partial charge in [-0.1, -0.05) is 71.9 Å². The molecule has 4 aromatic carbocycles. The number of anilines is 2. The molecule has 0 aliphatic carbocycles. The number of allylic oxidation sites excluding steroid dienone is 1. The van der Waals surface area contributed by atoms with Gasteiger partial charge in [-0.3, -0.25) is 0 Å². The number of hydrogen-bond acceptors (Lipinski definition) is 6. The summed E-state index contributed by atoms with van der Waals surface area (Å²) >= 11 is 0. The molecule has 2 heterocycles. The van der Waals surface area contributed by atoms with Crippen molar-refractivity contribution in [1.29, 1.82) is 10.5 Å². The number of nitrogens with one attached hydrogen (secondary N) is 1. The van der Waals surface area contributed by atoms with Crippen LogP contribution in [0, 0.1) is 42.1 Å². The van der Waals surface area contributed by atoms with E-state index in [2.05, 4.69) is 82.2 Å². The number of nitriles is 2. The summed E-state index contributed by atoms with van der Waals surface area (Å²) in [5.41, 5.74) is 9.91. The van der Waals surface area contributed by atoms with Crippen LogP contribution in [0.1, 0.15) is 102 Å². The van der Waals surface area contributed by atoms with Gasteiger partial charge in [-0.2, -0.15) is 23.9 Å². The molecule has 5 aromatic rings. The van der Waals surface area contributed by atoms with Gasteiger partial charge in [-0.05, 0) is 115 Å². The summed E-state index contributed by atoms with van der Waals surface area (Å²) in [5.74, 6) is 0.891. The maximum atomic E-state index is 8.88. The Morgan fingerprint density at radius 3 is 1.98 bits per heavy atom. The molecule has 8 heteroatoms. The van der Waals surface area contributed by atoms with Crippen molar-refractivity contribution in [3.8, 4) is 23.3 Å². The quantitative estimate of drug-likeness (QED) is 0.148. The molecule has 0 atom stereocenters. The molecule has 1 aliphatic heterocycles. The smallest absolute Gasteiger partial charge is 0.657 e. The Bertz CT molecular complexity index is 2280. The Balaban J connectivity index is 0.000000341. The van der Waals surface area contributed by atoms with Crippen molar-refractivity contribution in [3.63, 3.8) is 0 Å². The van der Waals surface area contributed by atoms with Crippen LogP contribution in [0.2, 0.25) is 0 Å². The van der Waals surface area contributed by atoms with Gasteiger partial charge in [0.15, 0.2) is 0 Å². The average Bonchev–Trinajstić information content (AvgIpc) is 3.81. The summed E-state index contributed by atoms with van der Waals surface area (Å²) in [6.45, 7) is 13.1. The second-order valence-corrected chi connectivity index (χ2v) is 13.4. The topological polar surface area (TPSA) is 83.4 Å². The van der Waals surface area contributed by atoms with E-state index in [1.165, 1.54) is 47.3 Å². The fourth-order valence-electron chi connectivity index (χ4n) is 6.01. The van der Waals surface area contributed by atoms with Crippen LogP contribution in [-0.2, 0) is 21.1 Å². The Hall–Kier alpha value is -4.97. The number of aromatic nitrogens is 1. The maximum Gasteiger partial charge on any atom is 4.00 e. The van der Waals surface area contributed by atoms with Gasteiger partial charge in [0.05, 0.1) is 23.3 Å². The zero-order chi connectivity index (χ0) is 41.8. The molecule has 0 unspecified atom stereocenters. The Kier molecular flexibility index (Phi) is 10.7. The molecule has 0 radical (unpaired) electrons. The summed E-state index contributed by atoms with van der Waals surface area (Å²) in [4.78, 5) is 8.46. The molecule has 0 saturated heterocycles. The molecule has 0 fully saturated rings. The Morgan fingerprint density at radius 2 is 1.50 bits per heavy atom. The van der Waals surface area contributed by atoms with E-state index in [9.17, 15) is 0 Å². The molecule has 0 saturated carbocycles. The molecule has 268 valence electrons. The standard InChI is InChI=1S/C30H41N4.C14H6N3.Pt/c1-10-11-32(8)19-31-26-14-25(15-27(18-26)34-13-12-33(9)20-34)30-28(22(4)5)16-24(21(2)3)17-29(30)23(6)7;15-7-9-1-3-13-11(5-9)12-6-10(8-16)2-4-14(12)17-13;/h10-17,19-23,31H,1-9H3;1-6H;/q-3;-1;+4/b11-10-;;/i8D3,9D3;;. The summed E-state index contributed by atoms with van der Waals surface area (Å²) in [7, 11) is 0. The van der Waals surface area contributed by atoms with Crippen LogP contribution < -0.4 is 15.2 Å². The Morgan fingerprint density at radius 1 is 0.885 bits per heavy atom. The van der Waals surface area contributed by atoms with Crippen LogP contribution in [-0.4, -0.2) is 23.8 Å². The van der Waals surface area contributed by atoms with E-state index in [0.29, 0.717) is 28.4 Å². The zero-order valence-electron chi connectivity index (χ0n) is 36.5. The van der Waals surface area contributed by atoms with Crippen molar-refractivity contribution in [3.05, 3.63) is 133 Å². The molecule has 0 bridgehead atoms. The van der Waals surface area contributed by atoms with Crippen LogP contribution in [0.3, 0.4) is 0 Å². The third-order valence-corrected chi connectivity index (χ3v) is 8.64. The van der Waals surface area contributed by atoms with Gasteiger partial charge in [0.2, 0.25) is 0 Å². The van der Waals surface area contributed by atoms with Gasteiger partial charge in [-0.15, -0.1) is 46.2 Å². The molecule has 0 amide bonds. The second-order valence-electron chi connectivity index (χ2n) is 13.4. The fraction of sp³-hybridized carbons (Fsp3) is 0.273. The van der Waals surface area contributed by atoms with Gasteiger partial charge in [-0.25, -0.2) is 0 Å². The van der Waals surface area contributed by atoms with Crippen molar-refractivity contribution < 1.29 is 29.3 Å². The minimum atomic E-state index is -2.37. The molecule has 6 rings (SSSR count). The van der Waals surface area contributed by atoms with E-state index in [1.54, 1.807) is 36.2 Å². The van der Waals surface area contributed by atoms with Gasteiger partial charge < -0.3 is 25.0 Å². The van der Waals surface area contributed by atoms with Crippen LogP contribution in [0.25, 0.3) is 32.9 Å². The number of benzene rings is 4. The van der Waals surface area contributed by atoms with E-state index >= 15 is 0 Å². The molecule has 0 spiro atoms. The molecule has 1 aromatic heterocycles. The van der Waals surface area contributed by atoms with Crippen LogP contribution in [0.15, 0.2) is 85.3 Å². The van der Waals surface area contributed by atoms with Gasteiger partial charge in [0.1, 0.15) is 0 Å². The predicted octanol–water partition coefficient (Wildman–Crippen LogP) is 10.6. The van der Waals surface area contributed by atoms with Crippen molar-refractivity contribution >= 4 is 33.2 Å². The average molecular weight is 875 g/mol. The summed E-state index contributed by atoms with van der Waals surface area (Å²) in [5, 5.41) is 22.7. The Labute approximate surface area is 332 Å². The van der Waals surface area contributed by atoms with Gasteiger partial charge in [0.25, 0.3) is 0 Å². The summed E-state index contributed by atoms with van der Waals surface area (Å²) < 4.78 is 46.9. The SMILES string of the molecule is N#Cc1ccc2[n-]c3ccc(C#N)cc3c2c1.[2H]C([2H])([2H])N1C=CN(c2[c-]c(N[CH-]N(/C=C\C)C([2H])([2H])[2H])cc(-c3c(C(C)C)cc(C(C)C)cc3C(C)C)c2)[CH-]1.[Pt+4]. The largest absolute Gasteiger partial charge is 4.00 e. The predicted molar refractivity (Wildman–Crippen MR) is 211 cm³/mol. The third kappa shape index (κ3) is 9.08. The molecule has 1 aliphatic rings. The van der Waals surface area contributed by atoms with Crippen LogP contribution >= 0.6 is 0 Å². The minimum Gasteiger partial charge on any atom is -0.657 e. The van der Waals surface area contributed by atoms with Crippen molar-refractivity contribution in [2.45, 2.75) is 66.2 Å². The van der Waals surface area contributed by atoms with Crippen molar-refractivity contribution in [1.82, 2.24) is 14.8 Å². The van der Waals surface area contributed by atoms with E-state index in [4.69, 9.17) is 18.7 Å². The van der Waals surface area contributed by atoms with Crippen LogP contribution in [0.5, 0.6) is 0 Å². The second kappa shape index (κ2) is 17.5. The first-order valence-electron chi connectivity index (χ1n) is 20.0. The molecule has 7 nitrogen and oxygen atoms in total. The fourth-order valence-corrected chi connectivity index (χ4v) is 6.01. The summed E-state index contributed by atoms with van der Waals surface area (Å²) in [6.07, 6.45) is 6.32. The first kappa shape index (κ1) is 31.7. The monoisotopic (exact) mass is 874 g/mol. The first-order chi connectivity index (χ1) is 26.8. The molecular formula is C44H47N7Pt. The van der Waals surface area contributed by atoms with Crippen LogP contribution in [0.4, 0.5) is 11.4 Å². The van der Waals surface area contributed by atoms with Crippen molar-refractivity contribution in [2.24, 2.45) is 0 Å². The van der Waals surface area contributed by atoms with E-state index in [0.717, 1.165) is 37.8 Å². The van der Waals surface area contributed by atoms with Gasteiger partial charge >= 0.3 is 21.1 Å². The number of hydrogen-bond donors (Lipinski definition) is 1. The number of fused-ring (bicyclic) bond motifs is 3. The molecule has 52 heavy (non-hydrogen) atoms. The molecule has 1 N–H and O–H groups in total. The number of rotatable bonds is 9. The minimum absolute atomic E-state index is 0. The number of nitrogens with zero attached hydrogens (tertiary/aromatic N) is 6. The third-order valence-electron chi connectivity index (χ3n) is 8.64. The van der Waals surface area contributed by atoms with Gasteiger partial charge in [0, 0.05) is 8.22 Å². The van der Waals surface area contributed by atoms with E-state index in [-0.39, 0.29) is 32.9 Å². The zero-order valence-corrected chi connectivity index (χ0v) is 32.7. The van der Waals surface area contributed by atoms with E-state index < -0.39 is 14.0 Å². The first-order valence-corrected chi connectivity index (χ1v) is 17.0. The summed E-state index contributed by atoms with van der Waals surface area (Å²) in [6, 6.07) is 26.9. The molecular weight excluding hydrogens is 822 g/mol. The van der Waals surface area contributed by atoms with E-state index in [1.807, 2.05) is 36.4 Å². The maximum absolute atomic E-state index is 8.88. The normalized spacial score (nSPS) is 14.6.